The molecule has 4 heterocycles. The van der Waals surface area contributed by atoms with Crippen LogP contribution < -0.4 is 21.5 Å². The first kappa shape index (κ1) is 26.0. The van der Waals surface area contributed by atoms with Gasteiger partial charge in [-0.1, -0.05) is 20.8 Å². The lowest BCUT2D eigenvalue weighted by atomic mass is 9.93. The number of rotatable bonds is 6. The number of nitrogens with one attached hydrogen (secondary N) is 1. The first-order valence-electron chi connectivity index (χ1n) is 11.7. The van der Waals surface area contributed by atoms with Crippen LogP contribution in [-0.2, 0) is 15.0 Å². The number of aromatic nitrogens is 3. The van der Waals surface area contributed by atoms with Gasteiger partial charge in [0.05, 0.1) is 17.2 Å². The minimum absolute atomic E-state index is 0.0692. The Bertz CT molecular complexity index is 1470. The molecule has 3 aromatic heterocycles. The molecule has 1 fully saturated rings. The molecule has 1 atom stereocenters. The van der Waals surface area contributed by atoms with E-state index in [1.54, 1.807) is 4.90 Å². The Morgan fingerprint density at radius 3 is 2.68 bits per heavy atom. The van der Waals surface area contributed by atoms with Crippen LogP contribution in [0.4, 0.5) is 10.9 Å². The van der Waals surface area contributed by atoms with Crippen molar-refractivity contribution in [3.63, 3.8) is 0 Å². The highest BCUT2D eigenvalue weighted by molar-refractivity contribution is 7.14. The van der Waals surface area contributed by atoms with Crippen molar-refractivity contribution in [3.8, 4) is 0 Å². The Morgan fingerprint density at radius 1 is 1.27 bits per heavy atom. The normalized spacial score (nSPS) is 16.3. The molecule has 12 heteroatoms. The Labute approximate surface area is 216 Å². The van der Waals surface area contributed by atoms with Crippen molar-refractivity contribution in [2.75, 3.05) is 23.3 Å². The van der Waals surface area contributed by atoms with Crippen LogP contribution in [0.5, 0.6) is 0 Å². The summed E-state index contributed by atoms with van der Waals surface area (Å²) in [6.45, 7) is 6.87. The number of pyridine rings is 1. The lowest BCUT2D eigenvalue weighted by molar-refractivity contribution is -0.131. The first-order valence-corrected chi connectivity index (χ1v) is 12.6. The lowest BCUT2D eigenvalue weighted by Crippen LogP contribution is -2.42. The van der Waals surface area contributed by atoms with Crippen LogP contribution in [0.3, 0.4) is 0 Å². The summed E-state index contributed by atoms with van der Waals surface area (Å²) in [5, 5.41) is 14.3. The van der Waals surface area contributed by atoms with E-state index in [1.165, 1.54) is 40.1 Å². The zero-order chi connectivity index (χ0) is 26.9. The van der Waals surface area contributed by atoms with Crippen LogP contribution >= 0.6 is 11.3 Å². The van der Waals surface area contributed by atoms with E-state index in [2.05, 4.69) is 15.3 Å². The van der Waals surface area contributed by atoms with Crippen molar-refractivity contribution in [1.82, 2.24) is 14.4 Å². The quantitative estimate of drug-likeness (QED) is 0.415. The van der Waals surface area contributed by atoms with Gasteiger partial charge >= 0.3 is 5.97 Å². The van der Waals surface area contributed by atoms with Crippen LogP contribution in [0.2, 0.25) is 0 Å². The van der Waals surface area contributed by atoms with E-state index in [0.29, 0.717) is 24.5 Å². The van der Waals surface area contributed by atoms with Gasteiger partial charge in [-0.05, 0) is 31.1 Å². The highest BCUT2D eigenvalue weighted by atomic mass is 32.1. The molecule has 1 unspecified atom stereocenters. The number of anilines is 2. The summed E-state index contributed by atoms with van der Waals surface area (Å²) in [4.78, 5) is 60.1. The number of hydrogen-bond donors (Lipinski definition) is 3. The fraction of sp³-hybridized carbons (Fsp3) is 0.360. The molecule has 0 aromatic carbocycles. The second-order valence-corrected chi connectivity index (χ2v) is 10.8. The van der Waals surface area contributed by atoms with Gasteiger partial charge in [0.2, 0.25) is 5.91 Å². The van der Waals surface area contributed by atoms with E-state index in [9.17, 15) is 19.2 Å². The zero-order valence-corrected chi connectivity index (χ0v) is 21.5. The fourth-order valence-corrected chi connectivity index (χ4v) is 5.00. The number of piperidine rings is 1. The molecule has 11 nitrogen and oxygen atoms in total. The van der Waals surface area contributed by atoms with Gasteiger partial charge in [0.1, 0.15) is 11.5 Å². The van der Waals surface area contributed by atoms with E-state index in [1.807, 2.05) is 26.2 Å². The molecule has 37 heavy (non-hydrogen) atoms. The summed E-state index contributed by atoms with van der Waals surface area (Å²) in [5.74, 6) is -2.25. The molecule has 194 valence electrons. The largest absolute Gasteiger partial charge is 0.478 e. The minimum atomic E-state index is -1.21. The average Bonchev–Trinajstić information content (AvgIpc) is 3.32. The van der Waals surface area contributed by atoms with Crippen LogP contribution in [-0.4, -0.2) is 50.3 Å². The SMILES string of the molecule is CC(C)(C)c1csc(NC(=O)c2ccn3c(=O)c(/C=C/C(=O)O)c(N4CCCC(C(N)=O)C4)nc3c2)n1. The van der Waals surface area contributed by atoms with E-state index in [4.69, 9.17) is 10.8 Å². The summed E-state index contributed by atoms with van der Waals surface area (Å²) in [6.07, 6.45) is 4.77. The van der Waals surface area contributed by atoms with E-state index < -0.39 is 29.3 Å². The summed E-state index contributed by atoms with van der Waals surface area (Å²) in [5.41, 5.74) is 6.27. The summed E-state index contributed by atoms with van der Waals surface area (Å²) in [7, 11) is 0. The topological polar surface area (TPSA) is 160 Å². The van der Waals surface area contributed by atoms with Gasteiger partial charge in [-0.25, -0.2) is 14.8 Å². The maximum absolute atomic E-state index is 13.3. The third-order valence-electron chi connectivity index (χ3n) is 6.12. The number of carbonyl (C=O) groups excluding carboxylic acids is 2. The molecule has 0 aliphatic carbocycles. The highest BCUT2D eigenvalue weighted by Gasteiger charge is 2.27. The molecular weight excluding hydrogens is 496 g/mol. The van der Waals surface area contributed by atoms with Gasteiger partial charge in [-0.3, -0.25) is 24.1 Å². The van der Waals surface area contributed by atoms with E-state index in [0.717, 1.165) is 11.8 Å². The molecule has 1 aliphatic heterocycles. The summed E-state index contributed by atoms with van der Waals surface area (Å²) >= 11 is 1.33. The molecule has 4 rings (SSSR count). The molecule has 2 amide bonds. The number of aliphatic carboxylic acids is 1. The van der Waals surface area contributed by atoms with Crippen LogP contribution in [0.1, 0.15) is 55.2 Å². The Kier molecular flexibility index (Phi) is 7.12. The van der Waals surface area contributed by atoms with Crippen molar-refractivity contribution in [2.45, 2.75) is 39.0 Å². The highest BCUT2D eigenvalue weighted by Crippen LogP contribution is 2.27. The van der Waals surface area contributed by atoms with Crippen molar-refractivity contribution in [3.05, 3.63) is 57.0 Å². The van der Waals surface area contributed by atoms with Gasteiger partial charge < -0.3 is 15.7 Å². The monoisotopic (exact) mass is 524 g/mol. The Morgan fingerprint density at radius 2 is 2.03 bits per heavy atom. The van der Waals surface area contributed by atoms with Gasteiger partial charge in [0.25, 0.3) is 11.5 Å². The van der Waals surface area contributed by atoms with Crippen LogP contribution in [0, 0.1) is 5.92 Å². The Hall–Kier alpha value is -4.06. The number of hydrogen-bond acceptors (Lipinski definition) is 8. The molecule has 0 bridgehead atoms. The minimum Gasteiger partial charge on any atom is -0.478 e. The molecule has 0 saturated carbocycles. The molecule has 0 radical (unpaired) electrons. The predicted molar refractivity (Wildman–Crippen MR) is 141 cm³/mol. The third-order valence-corrected chi connectivity index (χ3v) is 6.87. The number of nitrogens with zero attached hydrogens (tertiary/aromatic N) is 4. The number of carboxylic acids is 1. The number of primary amides is 1. The van der Waals surface area contributed by atoms with Crippen molar-refractivity contribution < 1.29 is 19.5 Å². The van der Waals surface area contributed by atoms with Gasteiger partial charge in [-0.2, -0.15) is 0 Å². The first-order chi connectivity index (χ1) is 17.4. The Balaban J connectivity index is 1.73. The lowest BCUT2D eigenvalue weighted by Gasteiger charge is -2.33. The maximum atomic E-state index is 13.3. The summed E-state index contributed by atoms with van der Waals surface area (Å²) in [6, 6.07) is 2.97. The van der Waals surface area contributed by atoms with Gasteiger partial charge in [-0.15, -0.1) is 11.3 Å². The third kappa shape index (κ3) is 5.69. The molecule has 1 aliphatic rings. The fourth-order valence-electron chi connectivity index (χ4n) is 4.07. The number of amides is 2. The molecular formula is C25H28N6O5S. The number of carboxylic acid groups (broad SMARTS) is 1. The maximum Gasteiger partial charge on any atom is 0.328 e. The van der Waals surface area contributed by atoms with Crippen molar-refractivity contribution in [1.29, 1.82) is 0 Å². The van der Waals surface area contributed by atoms with Crippen molar-refractivity contribution >= 4 is 51.8 Å². The molecule has 0 spiro atoms. The number of carbonyl (C=O) groups is 3. The van der Waals surface area contributed by atoms with E-state index in [-0.39, 0.29) is 34.6 Å². The van der Waals surface area contributed by atoms with Gasteiger partial charge in [0, 0.05) is 41.7 Å². The molecule has 3 aromatic rings. The number of nitrogens with two attached hydrogens (primary N) is 1. The average molecular weight is 525 g/mol. The number of thiazole rings is 1. The zero-order valence-electron chi connectivity index (χ0n) is 20.7. The number of fused-ring (bicyclic) bond motifs is 1. The van der Waals surface area contributed by atoms with E-state index >= 15 is 0 Å². The smallest absolute Gasteiger partial charge is 0.328 e. The summed E-state index contributed by atoms with van der Waals surface area (Å²) < 4.78 is 1.25. The molecule has 4 N–H and O–H groups in total. The predicted octanol–water partition coefficient (Wildman–Crippen LogP) is 2.50. The van der Waals surface area contributed by atoms with Crippen molar-refractivity contribution in [2.24, 2.45) is 11.7 Å². The second kappa shape index (κ2) is 10.1. The standard InChI is InChI=1S/C25H28N6O5S/c1-25(2,3)17-13-37-24(27-17)29-22(35)14-8-10-31-18(11-14)28-21(16(23(31)36)6-7-19(32)33)30-9-4-5-15(12-30)20(26)34/h6-8,10-11,13,15H,4-5,9,12H2,1-3H3,(H2,26,34)(H,32,33)(H,27,29,35)/b7-6+. The van der Waals surface area contributed by atoms with Crippen LogP contribution in [0.25, 0.3) is 11.7 Å². The molecule has 1 saturated heterocycles. The second-order valence-electron chi connectivity index (χ2n) is 9.90. The van der Waals surface area contributed by atoms with Crippen LogP contribution in [0.15, 0.2) is 34.6 Å². The van der Waals surface area contributed by atoms with Gasteiger partial charge in [0.15, 0.2) is 5.13 Å².